The minimum absolute atomic E-state index is 0.237. The van der Waals surface area contributed by atoms with Gasteiger partial charge in [0, 0.05) is 11.1 Å². The monoisotopic (exact) mass is 249 g/mol. The van der Waals surface area contributed by atoms with Crippen LogP contribution < -0.4 is 15.2 Å². The van der Waals surface area contributed by atoms with Crippen molar-refractivity contribution in [1.29, 1.82) is 0 Å². The summed E-state index contributed by atoms with van der Waals surface area (Å²) in [6, 6.07) is 4.09. The Labute approximate surface area is 109 Å². The van der Waals surface area contributed by atoms with E-state index in [0.29, 0.717) is 5.92 Å². The fraction of sp³-hybridized carbons (Fsp3) is 0.600. The van der Waals surface area contributed by atoms with Crippen molar-refractivity contribution in [3.05, 3.63) is 23.3 Å². The quantitative estimate of drug-likeness (QED) is 0.891. The Morgan fingerprint density at radius 2 is 1.83 bits per heavy atom. The van der Waals surface area contributed by atoms with Gasteiger partial charge in [0.05, 0.1) is 14.2 Å². The maximum absolute atomic E-state index is 6.53. The Bertz CT molecular complexity index is 436. The summed E-state index contributed by atoms with van der Waals surface area (Å²) in [6.45, 7) is 4.37. The third kappa shape index (κ3) is 1.97. The third-order valence-corrected chi connectivity index (χ3v) is 3.94. The van der Waals surface area contributed by atoms with Crippen LogP contribution in [0, 0.1) is 0 Å². The van der Waals surface area contributed by atoms with Crippen molar-refractivity contribution in [2.75, 3.05) is 14.2 Å². The van der Waals surface area contributed by atoms with Crippen molar-refractivity contribution >= 4 is 0 Å². The average molecular weight is 249 g/mol. The first kappa shape index (κ1) is 13.2. The van der Waals surface area contributed by atoms with Crippen molar-refractivity contribution < 1.29 is 9.47 Å². The number of hydrogen-bond donors (Lipinski definition) is 1. The van der Waals surface area contributed by atoms with Crippen molar-refractivity contribution in [2.24, 2.45) is 5.73 Å². The number of benzene rings is 1. The molecule has 0 radical (unpaired) electrons. The topological polar surface area (TPSA) is 44.5 Å². The maximum Gasteiger partial charge on any atom is 0.166 e. The van der Waals surface area contributed by atoms with E-state index in [0.717, 1.165) is 29.9 Å². The largest absolute Gasteiger partial charge is 0.493 e. The van der Waals surface area contributed by atoms with Crippen molar-refractivity contribution in [1.82, 2.24) is 0 Å². The van der Waals surface area contributed by atoms with Crippen LogP contribution in [0.25, 0.3) is 0 Å². The molecule has 0 aliphatic heterocycles. The van der Waals surface area contributed by atoms with Crippen LogP contribution in [0.5, 0.6) is 11.5 Å². The molecule has 1 saturated carbocycles. The van der Waals surface area contributed by atoms with E-state index in [1.165, 1.54) is 12.0 Å². The van der Waals surface area contributed by atoms with Crippen LogP contribution in [0.1, 0.15) is 50.2 Å². The average Bonchev–Trinajstić information content (AvgIpc) is 2.33. The Hall–Kier alpha value is -1.22. The lowest BCUT2D eigenvalue weighted by molar-refractivity contribution is 0.238. The predicted molar refractivity (Wildman–Crippen MR) is 73.4 cm³/mol. The lowest BCUT2D eigenvalue weighted by Gasteiger charge is -2.41. The predicted octanol–water partition coefficient (Wildman–Crippen LogP) is 3.17. The molecule has 0 amide bonds. The molecular weight excluding hydrogens is 226 g/mol. The zero-order valence-electron chi connectivity index (χ0n) is 11.7. The third-order valence-electron chi connectivity index (χ3n) is 3.94. The summed E-state index contributed by atoms with van der Waals surface area (Å²) in [7, 11) is 3.36. The van der Waals surface area contributed by atoms with E-state index < -0.39 is 0 Å². The highest BCUT2D eigenvalue weighted by molar-refractivity contribution is 5.55. The second kappa shape index (κ2) is 4.81. The summed E-state index contributed by atoms with van der Waals surface area (Å²) < 4.78 is 11.0. The molecule has 0 heterocycles. The zero-order chi connectivity index (χ0) is 13.3. The van der Waals surface area contributed by atoms with Gasteiger partial charge >= 0.3 is 0 Å². The van der Waals surface area contributed by atoms with E-state index in [1.54, 1.807) is 14.2 Å². The molecule has 100 valence electrons. The van der Waals surface area contributed by atoms with E-state index in [2.05, 4.69) is 19.9 Å². The van der Waals surface area contributed by atoms with Gasteiger partial charge in [0.25, 0.3) is 0 Å². The molecule has 1 aliphatic carbocycles. The molecule has 0 bridgehead atoms. The highest BCUT2D eigenvalue weighted by Crippen LogP contribution is 2.49. The van der Waals surface area contributed by atoms with Gasteiger partial charge in [0.15, 0.2) is 11.5 Å². The molecule has 0 aromatic heterocycles. The molecule has 3 heteroatoms. The van der Waals surface area contributed by atoms with E-state index in [1.807, 2.05) is 6.07 Å². The second-order valence-corrected chi connectivity index (χ2v) is 5.43. The van der Waals surface area contributed by atoms with E-state index in [9.17, 15) is 0 Å². The summed E-state index contributed by atoms with van der Waals surface area (Å²) in [5, 5.41) is 0. The molecule has 0 spiro atoms. The number of methoxy groups -OCH3 is 2. The van der Waals surface area contributed by atoms with Crippen LogP contribution in [-0.2, 0) is 5.54 Å². The molecule has 1 aliphatic rings. The molecule has 2 rings (SSSR count). The Morgan fingerprint density at radius 3 is 2.22 bits per heavy atom. The van der Waals surface area contributed by atoms with Gasteiger partial charge in [0.1, 0.15) is 0 Å². The van der Waals surface area contributed by atoms with Crippen LogP contribution in [0.4, 0.5) is 0 Å². The van der Waals surface area contributed by atoms with Crippen LogP contribution in [0.2, 0.25) is 0 Å². The minimum Gasteiger partial charge on any atom is -0.493 e. The maximum atomic E-state index is 6.53. The Balaban J connectivity index is 2.63. The van der Waals surface area contributed by atoms with Crippen LogP contribution in [0.3, 0.4) is 0 Å². The van der Waals surface area contributed by atoms with Crippen LogP contribution in [-0.4, -0.2) is 14.2 Å². The summed E-state index contributed by atoms with van der Waals surface area (Å²) in [6.07, 6.45) is 3.24. The SMILES string of the molecule is COc1ccc(C(C)C)c(C2(N)CCC2)c1OC. The van der Waals surface area contributed by atoms with E-state index in [-0.39, 0.29) is 5.54 Å². The molecule has 18 heavy (non-hydrogen) atoms. The van der Waals surface area contributed by atoms with Crippen LogP contribution in [0.15, 0.2) is 12.1 Å². The number of nitrogens with two attached hydrogens (primary N) is 1. The number of ether oxygens (including phenoxy) is 2. The lowest BCUT2D eigenvalue weighted by atomic mass is 9.69. The molecule has 3 nitrogen and oxygen atoms in total. The fourth-order valence-corrected chi connectivity index (χ4v) is 2.74. The van der Waals surface area contributed by atoms with Gasteiger partial charge < -0.3 is 15.2 Å². The first-order chi connectivity index (χ1) is 8.53. The molecule has 1 fully saturated rings. The summed E-state index contributed by atoms with van der Waals surface area (Å²) in [4.78, 5) is 0. The van der Waals surface area contributed by atoms with Gasteiger partial charge in [-0.25, -0.2) is 0 Å². The highest BCUT2D eigenvalue weighted by atomic mass is 16.5. The lowest BCUT2D eigenvalue weighted by Crippen LogP contribution is -2.44. The molecule has 1 aromatic rings. The fourth-order valence-electron chi connectivity index (χ4n) is 2.74. The molecule has 0 unspecified atom stereocenters. The van der Waals surface area contributed by atoms with E-state index >= 15 is 0 Å². The molecule has 0 atom stereocenters. The van der Waals surface area contributed by atoms with Gasteiger partial charge in [-0.1, -0.05) is 19.9 Å². The Morgan fingerprint density at radius 1 is 1.17 bits per heavy atom. The number of rotatable bonds is 4. The van der Waals surface area contributed by atoms with Gasteiger partial charge in [0.2, 0.25) is 0 Å². The summed E-state index contributed by atoms with van der Waals surface area (Å²) in [5.74, 6) is 2.01. The van der Waals surface area contributed by atoms with Gasteiger partial charge in [-0.3, -0.25) is 0 Å². The number of hydrogen-bond acceptors (Lipinski definition) is 3. The van der Waals surface area contributed by atoms with Gasteiger partial charge in [-0.15, -0.1) is 0 Å². The highest BCUT2D eigenvalue weighted by Gasteiger charge is 2.40. The van der Waals surface area contributed by atoms with Crippen LogP contribution >= 0.6 is 0 Å². The van der Waals surface area contributed by atoms with Gasteiger partial charge in [-0.05, 0) is 36.8 Å². The van der Waals surface area contributed by atoms with Crippen molar-refractivity contribution in [3.8, 4) is 11.5 Å². The van der Waals surface area contributed by atoms with Crippen molar-refractivity contribution in [2.45, 2.75) is 44.6 Å². The van der Waals surface area contributed by atoms with Crippen molar-refractivity contribution in [3.63, 3.8) is 0 Å². The van der Waals surface area contributed by atoms with Gasteiger partial charge in [-0.2, -0.15) is 0 Å². The minimum atomic E-state index is -0.237. The summed E-state index contributed by atoms with van der Waals surface area (Å²) in [5.41, 5.74) is 8.71. The molecule has 1 aromatic carbocycles. The molecule has 2 N–H and O–H groups in total. The van der Waals surface area contributed by atoms with E-state index in [4.69, 9.17) is 15.2 Å². The summed E-state index contributed by atoms with van der Waals surface area (Å²) >= 11 is 0. The Kier molecular flexibility index (Phi) is 3.53. The smallest absolute Gasteiger partial charge is 0.166 e. The normalized spacial score (nSPS) is 17.4. The molecular formula is C15H23NO2. The molecule has 0 saturated heterocycles. The zero-order valence-corrected chi connectivity index (χ0v) is 11.7. The second-order valence-electron chi connectivity index (χ2n) is 5.43. The first-order valence-corrected chi connectivity index (χ1v) is 6.57. The standard InChI is InChI=1S/C15H23NO2/c1-10(2)11-6-7-12(17-3)14(18-4)13(11)15(16)8-5-9-15/h6-7,10H,5,8-9,16H2,1-4H3. The first-order valence-electron chi connectivity index (χ1n) is 6.57.